The molecule has 1 aromatic carbocycles. The van der Waals surface area contributed by atoms with Gasteiger partial charge in [-0.2, -0.15) is 0 Å². The van der Waals surface area contributed by atoms with Crippen molar-refractivity contribution < 1.29 is 4.79 Å². The van der Waals surface area contributed by atoms with Gasteiger partial charge < -0.3 is 9.47 Å². The fourth-order valence-electron chi connectivity index (χ4n) is 3.85. The van der Waals surface area contributed by atoms with Crippen LogP contribution in [0.15, 0.2) is 40.0 Å². The average Bonchev–Trinajstić information content (AvgIpc) is 2.58. The Morgan fingerprint density at radius 3 is 2.56 bits per heavy atom. The number of benzene rings is 1. The number of rotatable bonds is 4. The Kier molecular flexibility index (Phi) is 5.52. The van der Waals surface area contributed by atoms with Gasteiger partial charge in [-0.15, -0.1) is 11.8 Å². The molecular formula is C20H26N2O2S. The Morgan fingerprint density at radius 1 is 1.20 bits per heavy atom. The highest BCUT2D eigenvalue weighted by Crippen LogP contribution is 2.28. The van der Waals surface area contributed by atoms with E-state index in [2.05, 4.69) is 13.8 Å². The molecule has 0 N–H and O–H groups in total. The normalized spacial score (nSPS) is 20.8. The van der Waals surface area contributed by atoms with Crippen molar-refractivity contribution in [2.75, 3.05) is 18.8 Å². The molecular weight excluding hydrogens is 332 g/mol. The smallest absolute Gasteiger partial charge is 0.252 e. The van der Waals surface area contributed by atoms with Crippen LogP contribution in [0.3, 0.4) is 0 Å². The van der Waals surface area contributed by atoms with E-state index < -0.39 is 0 Å². The number of fused-ring (bicyclic) bond motifs is 1. The van der Waals surface area contributed by atoms with Crippen molar-refractivity contribution in [2.24, 2.45) is 11.8 Å². The summed E-state index contributed by atoms with van der Waals surface area (Å²) in [4.78, 5) is 27.9. The summed E-state index contributed by atoms with van der Waals surface area (Å²) in [7, 11) is 0. The third-order valence-electron chi connectivity index (χ3n) is 4.87. The molecule has 0 radical (unpaired) electrons. The van der Waals surface area contributed by atoms with Crippen molar-refractivity contribution in [1.82, 2.24) is 9.47 Å². The first-order valence-corrected chi connectivity index (χ1v) is 10.0. The molecule has 0 aliphatic carbocycles. The van der Waals surface area contributed by atoms with Crippen LogP contribution < -0.4 is 5.56 Å². The van der Waals surface area contributed by atoms with Crippen molar-refractivity contribution in [1.29, 1.82) is 0 Å². The van der Waals surface area contributed by atoms with E-state index in [-0.39, 0.29) is 11.5 Å². The van der Waals surface area contributed by atoms with Gasteiger partial charge in [0.1, 0.15) is 0 Å². The maximum absolute atomic E-state index is 12.6. The van der Waals surface area contributed by atoms with E-state index in [1.807, 2.05) is 36.1 Å². The van der Waals surface area contributed by atoms with Gasteiger partial charge in [-0.1, -0.05) is 32.0 Å². The van der Waals surface area contributed by atoms with E-state index in [1.165, 1.54) is 18.2 Å². The van der Waals surface area contributed by atoms with Crippen LogP contribution in [0, 0.1) is 11.8 Å². The molecule has 1 aliphatic rings. The third-order valence-corrected chi connectivity index (χ3v) is 5.91. The molecule has 1 aliphatic heterocycles. The summed E-state index contributed by atoms with van der Waals surface area (Å²) >= 11 is 1.48. The second kappa shape index (κ2) is 7.65. The molecule has 2 atom stereocenters. The number of aromatic nitrogens is 1. The molecule has 2 heterocycles. The first kappa shape index (κ1) is 18.1. The molecule has 1 fully saturated rings. The summed E-state index contributed by atoms with van der Waals surface area (Å²) in [6, 6.07) is 9.60. The predicted molar refractivity (Wildman–Crippen MR) is 104 cm³/mol. The second-order valence-corrected chi connectivity index (χ2v) is 8.16. The highest BCUT2D eigenvalue weighted by Gasteiger charge is 2.25. The summed E-state index contributed by atoms with van der Waals surface area (Å²) in [5.41, 5.74) is 0.934. The number of carbonyl (C=O) groups excluding carboxylic acids is 1. The van der Waals surface area contributed by atoms with Crippen molar-refractivity contribution in [2.45, 2.75) is 38.6 Å². The third kappa shape index (κ3) is 3.92. The number of piperidine rings is 1. The van der Waals surface area contributed by atoms with Crippen LogP contribution in [0.25, 0.3) is 10.9 Å². The molecule has 0 bridgehead atoms. The molecule has 2 aromatic rings. The van der Waals surface area contributed by atoms with Crippen LogP contribution in [-0.4, -0.2) is 34.2 Å². The summed E-state index contributed by atoms with van der Waals surface area (Å²) < 4.78 is 1.77. The zero-order valence-corrected chi connectivity index (χ0v) is 16.0. The fraction of sp³-hybridized carbons (Fsp3) is 0.500. The van der Waals surface area contributed by atoms with Crippen LogP contribution >= 0.6 is 11.8 Å². The molecule has 1 amide bonds. The quantitative estimate of drug-likeness (QED) is 0.784. The minimum Gasteiger partial charge on any atom is -0.341 e. The van der Waals surface area contributed by atoms with Gasteiger partial charge in [0, 0.05) is 36.0 Å². The molecule has 25 heavy (non-hydrogen) atoms. The van der Waals surface area contributed by atoms with Gasteiger partial charge in [-0.3, -0.25) is 9.59 Å². The number of likely N-dealkylation sites (tertiary alicyclic amines) is 1. The molecule has 1 saturated heterocycles. The first-order valence-electron chi connectivity index (χ1n) is 9.02. The lowest BCUT2D eigenvalue weighted by molar-refractivity contribution is -0.130. The lowest BCUT2D eigenvalue weighted by atomic mass is 9.92. The lowest BCUT2D eigenvalue weighted by Crippen LogP contribution is -2.43. The van der Waals surface area contributed by atoms with Crippen molar-refractivity contribution in [3.63, 3.8) is 0 Å². The Labute approximate surface area is 153 Å². The zero-order valence-electron chi connectivity index (χ0n) is 15.2. The van der Waals surface area contributed by atoms with E-state index in [4.69, 9.17) is 0 Å². The van der Waals surface area contributed by atoms with Gasteiger partial charge in [0.15, 0.2) is 0 Å². The van der Waals surface area contributed by atoms with Gasteiger partial charge in [0.05, 0.1) is 11.3 Å². The number of hydrogen-bond donors (Lipinski definition) is 0. The molecule has 0 unspecified atom stereocenters. The van der Waals surface area contributed by atoms with Crippen molar-refractivity contribution in [3.05, 3.63) is 40.7 Å². The van der Waals surface area contributed by atoms with Crippen LogP contribution in [0.4, 0.5) is 0 Å². The Morgan fingerprint density at radius 2 is 1.88 bits per heavy atom. The number of nitrogens with zero attached hydrogens (tertiary/aromatic N) is 2. The molecule has 0 saturated carbocycles. The largest absolute Gasteiger partial charge is 0.341 e. The zero-order chi connectivity index (χ0) is 18.0. The van der Waals surface area contributed by atoms with Gasteiger partial charge >= 0.3 is 0 Å². The monoisotopic (exact) mass is 358 g/mol. The molecule has 1 aromatic heterocycles. The number of para-hydroxylation sites is 1. The average molecular weight is 359 g/mol. The Bertz CT molecular complexity index is 820. The van der Waals surface area contributed by atoms with Gasteiger partial charge in [-0.25, -0.2) is 0 Å². The summed E-state index contributed by atoms with van der Waals surface area (Å²) in [5.74, 6) is 1.69. The maximum Gasteiger partial charge on any atom is 0.252 e. The van der Waals surface area contributed by atoms with Gasteiger partial charge in [0.25, 0.3) is 5.56 Å². The maximum atomic E-state index is 12.6. The molecule has 4 nitrogen and oxygen atoms in total. The number of thioether (sulfide) groups is 1. The first-order chi connectivity index (χ1) is 12.0. The van der Waals surface area contributed by atoms with E-state index in [1.54, 1.807) is 10.6 Å². The van der Waals surface area contributed by atoms with E-state index in [0.29, 0.717) is 24.1 Å². The van der Waals surface area contributed by atoms with Crippen molar-refractivity contribution >= 4 is 28.6 Å². The SMILES string of the molecule is CCn1c(=O)cc(SCC(=O)N2C[C@H](C)C[C@H](C)C2)c2ccccc21. The standard InChI is InChI=1S/C20H26N2O2S/c1-4-22-17-8-6-5-7-16(17)18(10-19(22)23)25-13-20(24)21-11-14(2)9-15(3)12-21/h5-8,10,14-15H,4,9,11-13H2,1-3H3/t14-,15+. The molecule has 134 valence electrons. The summed E-state index contributed by atoms with van der Waals surface area (Å²) in [6.45, 7) is 8.74. The molecule has 0 spiro atoms. The number of carbonyl (C=O) groups is 1. The molecule has 3 rings (SSSR count). The van der Waals surface area contributed by atoms with Crippen LogP contribution in [0.2, 0.25) is 0 Å². The van der Waals surface area contributed by atoms with Crippen LogP contribution in [-0.2, 0) is 11.3 Å². The van der Waals surface area contributed by atoms with E-state index in [0.717, 1.165) is 28.9 Å². The van der Waals surface area contributed by atoms with Crippen LogP contribution in [0.1, 0.15) is 27.2 Å². The number of amides is 1. The predicted octanol–water partition coefficient (Wildman–Crippen LogP) is 3.62. The Balaban J connectivity index is 1.80. The minimum absolute atomic E-state index is 0.00336. The summed E-state index contributed by atoms with van der Waals surface area (Å²) in [5, 5.41) is 1.04. The fourth-order valence-corrected chi connectivity index (χ4v) is 4.82. The Hall–Kier alpha value is -1.75. The van der Waals surface area contributed by atoms with Crippen LogP contribution in [0.5, 0.6) is 0 Å². The van der Waals surface area contributed by atoms with E-state index >= 15 is 0 Å². The highest BCUT2D eigenvalue weighted by atomic mass is 32.2. The lowest BCUT2D eigenvalue weighted by Gasteiger charge is -2.35. The van der Waals surface area contributed by atoms with Crippen molar-refractivity contribution in [3.8, 4) is 0 Å². The van der Waals surface area contributed by atoms with Gasteiger partial charge in [-0.05, 0) is 31.2 Å². The highest BCUT2D eigenvalue weighted by molar-refractivity contribution is 8.00. The minimum atomic E-state index is -0.00336. The van der Waals surface area contributed by atoms with E-state index in [9.17, 15) is 9.59 Å². The number of hydrogen-bond acceptors (Lipinski definition) is 3. The topological polar surface area (TPSA) is 42.3 Å². The number of pyridine rings is 1. The number of aryl methyl sites for hydroxylation is 1. The second-order valence-electron chi connectivity index (χ2n) is 7.14. The molecule has 5 heteroatoms. The summed E-state index contributed by atoms with van der Waals surface area (Å²) in [6.07, 6.45) is 1.19. The van der Waals surface area contributed by atoms with Gasteiger partial charge in [0.2, 0.25) is 5.91 Å².